The van der Waals surface area contributed by atoms with E-state index in [1.165, 1.54) is 0 Å². The molecule has 88 valence electrons. The van der Waals surface area contributed by atoms with Gasteiger partial charge in [-0.25, -0.2) is 0 Å². The van der Waals surface area contributed by atoms with Crippen LogP contribution in [0.5, 0.6) is 0 Å². The molecule has 0 aromatic heterocycles. The molecule has 2 N–H and O–H groups in total. The van der Waals surface area contributed by atoms with E-state index in [1.807, 2.05) is 0 Å². The van der Waals surface area contributed by atoms with Crippen molar-refractivity contribution in [3.8, 4) is 0 Å². The Balaban J connectivity index is 3.49. The lowest BCUT2D eigenvalue weighted by molar-refractivity contribution is 0.119. The third-order valence-corrected chi connectivity index (χ3v) is 6.45. The highest BCUT2D eigenvalue weighted by Gasteiger charge is 2.69. The number of rotatable bonds is 0. The zero-order chi connectivity index (χ0) is 12.2. The summed E-state index contributed by atoms with van der Waals surface area (Å²) in [6.07, 6.45) is -1.80. The molecule has 0 heterocycles. The number of alkyl halides is 6. The number of aliphatic hydroxyl groups is 2. The first-order chi connectivity index (χ1) is 6.48. The van der Waals surface area contributed by atoms with Crippen LogP contribution in [0.4, 0.5) is 0 Å². The fraction of sp³-hybridized carbons (Fsp3) is 0.667. The standard InChI is InChI=1S/C6H3Cl7O2/c7-2-1(14)3(15)5(10,11)6(12,13)4(2,8)9/h3,14-15H. The molecule has 9 heteroatoms. The highest BCUT2D eigenvalue weighted by molar-refractivity contribution is 6.72. The largest absolute Gasteiger partial charge is 0.508 e. The number of halogens is 7. The van der Waals surface area contributed by atoms with E-state index in [0.717, 1.165) is 0 Å². The first kappa shape index (κ1) is 14.6. The Kier molecular flexibility index (Phi) is 3.92. The average Bonchev–Trinajstić information content (AvgIpc) is 2.12. The van der Waals surface area contributed by atoms with E-state index < -0.39 is 29.9 Å². The second-order valence-electron chi connectivity index (χ2n) is 2.87. The predicted molar refractivity (Wildman–Crippen MR) is 64.8 cm³/mol. The summed E-state index contributed by atoms with van der Waals surface area (Å²) in [7, 11) is 0. The monoisotopic (exact) mass is 352 g/mol. The van der Waals surface area contributed by atoms with E-state index in [-0.39, 0.29) is 0 Å². The van der Waals surface area contributed by atoms with Crippen molar-refractivity contribution in [2.45, 2.75) is 19.1 Å². The highest BCUT2D eigenvalue weighted by Crippen LogP contribution is 2.63. The first-order valence-electron chi connectivity index (χ1n) is 3.38. The first-order valence-corrected chi connectivity index (χ1v) is 6.03. The zero-order valence-electron chi connectivity index (χ0n) is 6.62. The maximum absolute atomic E-state index is 9.50. The topological polar surface area (TPSA) is 40.5 Å². The summed E-state index contributed by atoms with van der Waals surface area (Å²) in [5, 5.41) is 18.4. The summed E-state index contributed by atoms with van der Waals surface area (Å²) in [4.78, 5) is 0. The van der Waals surface area contributed by atoms with E-state index in [1.54, 1.807) is 0 Å². The van der Waals surface area contributed by atoms with Gasteiger partial charge in [0.15, 0.2) is 13.0 Å². The SMILES string of the molecule is OC1=C(Cl)C(Cl)(Cl)C(Cl)(Cl)C(Cl)(Cl)C1O. The van der Waals surface area contributed by atoms with Crippen molar-refractivity contribution in [3.63, 3.8) is 0 Å². The summed E-state index contributed by atoms with van der Waals surface area (Å²) >= 11 is 39.9. The van der Waals surface area contributed by atoms with Crippen LogP contribution in [0, 0.1) is 0 Å². The quantitative estimate of drug-likeness (QED) is 0.648. The van der Waals surface area contributed by atoms with Gasteiger partial charge in [-0.05, 0) is 0 Å². The van der Waals surface area contributed by atoms with Gasteiger partial charge in [0.2, 0.25) is 0 Å². The van der Waals surface area contributed by atoms with Crippen molar-refractivity contribution in [2.75, 3.05) is 0 Å². The Labute approximate surface area is 121 Å². The number of aliphatic hydroxyl groups excluding tert-OH is 2. The fourth-order valence-corrected chi connectivity index (χ4v) is 2.88. The van der Waals surface area contributed by atoms with Crippen LogP contribution in [0.1, 0.15) is 0 Å². The maximum atomic E-state index is 9.50. The minimum Gasteiger partial charge on any atom is -0.508 e. The molecule has 1 atom stereocenters. The minimum absolute atomic E-state index is 0.528. The molecule has 0 spiro atoms. The van der Waals surface area contributed by atoms with Crippen molar-refractivity contribution in [1.82, 2.24) is 0 Å². The maximum Gasteiger partial charge on any atom is 0.192 e. The second kappa shape index (κ2) is 4.03. The smallest absolute Gasteiger partial charge is 0.192 e. The van der Waals surface area contributed by atoms with Gasteiger partial charge in [-0.1, -0.05) is 81.2 Å². The molecule has 0 fully saturated rings. The van der Waals surface area contributed by atoms with Crippen molar-refractivity contribution in [3.05, 3.63) is 10.8 Å². The number of allylic oxidation sites excluding steroid dienone is 1. The lowest BCUT2D eigenvalue weighted by atomic mass is 9.99. The summed E-state index contributed by atoms with van der Waals surface area (Å²) < 4.78 is -6.54. The van der Waals surface area contributed by atoms with Crippen LogP contribution >= 0.6 is 81.2 Å². The average molecular weight is 355 g/mol. The van der Waals surface area contributed by atoms with Gasteiger partial charge < -0.3 is 10.2 Å². The van der Waals surface area contributed by atoms with Gasteiger partial charge in [-0.3, -0.25) is 0 Å². The summed E-state index contributed by atoms with van der Waals surface area (Å²) in [5.41, 5.74) is 0. The Morgan fingerprint density at radius 1 is 1.00 bits per heavy atom. The molecule has 0 radical (unpaired) electrons. The van der Waals surface area contributed by atoms with Crippen LogP contribution in [0.2, 0.25) is 0 Å². The Bertz CT molecular complexity index is 321. The third-order valence-electron chi connectivity index (χ3n) is 1.92. The normalized spacial score (nSPS) is 32.9. The van der Waals surface area contributed by atoms with Crippen LogP contribution in [0.25, 0.3) is 0 Å². The van der Waals surface area contributed by atoms with Crippen molar-refractivity contribution in [1.29, 1.82) is 0 Å². The van der Waals surface area contributed by atoms with Crippen LogP contribution < -0.4 is 0 Å². The van der Waals surface area contributed by atoms with Crippen LogP contribution in [-0.4, -0.2) is 29.3 Å². The second-order valence-corrected chi connectivity index (χ2v) is 7.29. The highest BCUT2D eigenvalue weighted by atomic mass is 35.5. The molecule has 0 saturated carbocycles. The molecule has 1 aliphatic carbocycles. The summed E-state index contributed by atoms with van der Waals surface area (Å²) in [6.45, 7) is 0. The van der Waals surface area contributed by atoms with Gasteiger partial charge >= 0.3 is 0 Å². The van der Waals surface area contributed by atoms with Gasteiger partial charge in [0, 0.05) is 0 Å². The van der Waals surface area contributed by atoms with Crippen molar-refractivity contribution in [2.24, 2.45) is 0 Å². The van der Waals surface area contributed by atoms with Crippen LogP contribution in [0.15, 0.2) is 10.8 Å². The van der Waals surface area contributed by atoms with Gasteiger partial charge in [0.05, 0.1) is 5.03 Å². The molecular formula is C6H3Cl7O2. The van der Waals surface area contributed by atoms with Crippen molar-refractivity contribution >= 4 is 81.2 Å². The molecule has 0 aliphatic heterocycles. The summed E-state index contributed by atoms with van der Waals surface area (Å²) in [6, 6.07) is 0. The minimum atomic E-state index is -2.21. The van der Waals surface area contributed by atoms with E-state index >= 15 is 0 Å². The number of hydrogen-bond donors (Lipinski definition) is 2. The van der Waals surface area contributed by atoms with E-state index in [0.29, 0.717) is 0 Å². The Morgan fingerprint density at radius 3 is 1.80 bits per heavy atom. The molecule has 2 nitrogen and oxygen atoms in total. The Hall–Kier alpha value is 1.53. The van der Waals surface area contributed by atoms with Gasteiger partial charge in [0.25, 0.3) is 0 Å². The number of hydrogen-bond acceptors (Lipinski definition) is 2. The fourth-order valence-electron chi connectivity index (χ4n) is 0.971. The molecule has 1 aliphatic rings. The van der Waals surface area contributed by atoms with Gasteiger partial charge in [-0.2, -0.15) is 0 Å². The molecular weight excluding hydrogens is 352 g/mol. The van der Waals surface area contributed by atoms with Gasteiger partial charge in [0.1, 0.15) is 11.9 Å². The molecule has 15 heavy (non-hydrogen) atoms. The predicted octanol–water partition coefficient (Wildman–Crippen LogP) is 3.89. The molecule has 1 rings (SSSR count). The van der Waals surface area contributed by atoms with Crippen LogP contribution in [0.3, 0.4) is 0 Å². The summed E-state index contributed by atoms with van der Waals surface area (Å²) in [5.74, 6) is -0.774. The zero-order valence-corrected chi connectivity index (χ0v) is 11.9. The molecule has 0 bridgehead atoms. The molecule has 0 aromatic rings. The lowest BCUT2D eigenvalue weighted by Gasteiger charge is -2.46. The van der Waals surface area contributed by atoms with E-state index in [2.05, 4.69) is 0 Å². The third kappa shape index (κ3) is 1.82. The molecule has 0 amide bonds. The lowest BCUT2D eigenvalue weighted by Crippen LogP contribution is -2.60. The molecule has 1 unspecified atom stereocenters. The van der Waals surface area contributed by atoms with Crippen molar-refractivity contribution < 1.29 is 10.2 Å². The molecule has 0 aromatic carbocycles. The van der Waals surface area contributed by atoms with Crippen LogP contribution in [-0.2, 0) is 0 Å². The van der Waals surface area contributed by atoms with E-state index in [4.69, 9.17) is 81.2 Å². The molecule has 0 saturated heterocycles. The van der Waals surface area contributed by atoms with Gasteiger partial charge in [-0.15, -0.1) is 0 Å². The van der Waals surface area contributed by atoms with E-state index in [9.17, 15) is 10.2 Å². The Morgan fingerprint density at radius 2 is 1.40 bits per heavy atom.